The van der Waals surface area contributed by atoms with Gasteiger partial charge in [-0.2, -0.15) is 4.74 Å². The molecule has 0 fully saturated rings. The molecule has 1 aromatic heterocycles. The van der Waals surface area contributed by atoms with E-state index in [0.717, 1.165) is 21.5 Å². The lowest BCUT2D eigenvalue weighted by molar-refractivity contribution is 0.151. The summed E-state index contributed by atoms with van der Waals surface area (Å²) >= 11 is 0. The van der Waals surface area contributed by atoms with Gasteiger partial charge in [-0.15, -0.1) is 0 Å². The van der Waals surface area contributed by atoms with E-state index in [0.29, 0.717) is 11.5 Å². The van der Waals surface area contributed by atoms with Crippen molar-refractivity contribution in [1.29, 1.82) is 0 Å². The normalized spacial score (nSPS) is 13.3. The maximum absolute atomic E-state index is 13.1. The summed E-state index contributed by atoms with van der Waals surface area (Å²) in [6.45, 7) is 0.116. The molecule has 0 spiro atoms. The summed E-state index contributed by atoms with van der Waals surface area (Å²) in [6.07, 6.45) is 2.75. The summed E-state index contributed by atoms with van der Waals surface area (Å²) < 4.78 is 16.5. The van der Waals surface area contributed by atoms with Gasteiger partial charge >= 0.3 is 6.09 Å². The molecule has 0 aliphatic carbocycles. The van der Waals surface area contributed by atoms with Crippen molar-refractivity contribution in [2.75, 3.05) is 0 Å². The molecular formula is C25H19N2O3P. The van der Waals surface area contributed by atoms with E-state index in [-0.39, 0.29) is 6.61 Å². The van der Waals surface area contributed by atoms with E-state index in [9.17, 15) is 4.79 Å². The molecule has 0 atom stereocenters. The van der Waals surface area contributed by atoms with Gasteiger partial charge in [0.15, 0.2) is 0 Å². The van der Waals surface area contributed by atoms with E-state index in [1.807, 2.05) is 91.0 Å². The molecule has 31 heavy (non-hydrogen) atoms. The van der Waals surface area contributed by atoms with Crippen LogP contribution in [-0.4, -0.2) is 11.1 Å². The quantitative estimate of drug-likeness (QED) is 0.381. The van der Waals surface area contributed by atoms with Gasteiger partial charge < -0.3 is 9.47 Å². The average Bonchev–Trinajstić information content (AvgIpc) is 2.84. The highest BCUT2D eigenvalue weighted by atomic mass is 31.2. The van der Waals surface area contributed by atoms with Crippen LogP contribution in [0, 0.1) is 0 Å². The van der Waals surface area contributed by atoms with E-state index in [1.54, 1.807) is 12.4 Å². The van der Waals surface area contributed by atoms with Gasteiger partial charge in [-0.1, -0.05) is 60.7 Å². The van der Waals surface area contributed by atoms with Crippen LogP contribution in [0.5, 0.6) is 11.5 Å². The molecule has 5 rings (SSSR count). The summed E-state index contributed by atoms with van der Waals surface area (Å²) in [7, 11) is -2.69. The number of fused-ring (bicyclic) bond motifs is 2. The lowest BCUT2D eigenvalue weighted by atomic mass is 10.3. The molecule has 0 N–H and O–H groups in total. The molecule has 3 aromatic carbocycles. The predicted molar refractivity (Wildman–Crippen MR) is 122 cm³/mol. The Bertz CT molecular complexity index is 1240. The van der Waals surface area contributed by atoms with Crippen molar-refractivity contribution in [3.8, 4) is 11.5 Å². The first kappa shape index (κ1) is 19.3. The highest BCUT2D eigenvalue weighted by molar-refractivity contribution is 7.88. The number of ether oxygens (including phenoxy) is 2. The predicted octanol–water partition coefficient (Wildman–Crippen LogP) is 5.00. The molecule has 5 nitrogen and oxygen atoms in total. The fourth-order valence-corrected chi connectivity index (χ4v) is 7.27. The fraction of sp³-hybridized carbons (Fsp3) is 0.0400. The van der Waals surface area contributed by atoms with E-state index < -0.39 is 13.1 Å². The number of pyridine rings is 1. The summed E-state index contributed by atoms with van der Waals surface area (Å²) in [5.41, 5.74) is 0.811. The summed E-state index contributed by atoms with van der Waals surface area (Å²) in [4.78, 5) is 17.1. The smallest absolute Gasteiger partial charge is 0.433 e. The van der Waals surface area contributed by atoms with Crippen LogP contribution in [0.15, 0.2) is 108 Å². The summed E-state index contributed by atoms with van der Waals surface area (Å²) in [5.74, 6) is 1.42. The number of benzene rings is 3. The molecular weight excluding hydrogens is 407 g/mol. The molecule has 0 saturated heterocycles. The van der Waals surface area contributed by atoms with Crippen LogP contribution in [0.3, 0.4) is 0 Å². The molecule has 0 bridgehead atoms. The fourth-order valence-electron chi connectivity index (χ4n) is 3.74. The van der Waals surface area contributed by atoms with Crippen LogP contribution in [-0.2, 0) is 11.3 Å². The molecule has 0 unspecified atom stereocenters. The average molecular weight is 426 g/mol. The minimum atomic E-state index is -2.69. The van der Waals surface area contributed by atoms with E-state index in [4.69, 9.17) is 14.2 Å². The standard InChI is InChI=1S/C25H19N2O3P/c28-25(29-18-19-9-8-16-26-17-19)27-31(20-10-2-1-3-11-20)23-14-6-4-12-21(23)30-22-13-5-7-15-24(22)31/h1-17H,18H2. The van der Waals surface area contributed by atoms with Crippen LogP contribution in [0.1, 0.15) is 5.56 Å². The van der Waals surface area contributed by atoms with Gasteiger partial charge in [0.2, 0.25) is 0 Å². The Morgan fingerprint density at radius 1 is 0.839 bits per heavy atom. The van der Waals surface area contributed by atoms with Gasteiger partial charge in [0, 0.05) is 33.9 Å². The van der Waals surface area contributed by atoms with Gasteiger partial charge in [-0.3, -0.25) is 4.98 Å². The SMILES string of the molecule is O=C(N=P1(c2ccccc2)c2ccccc2Oc2ccccc21)OCc1cccnc1. The first-order chi connectivity index (χ1) is 15.3. The molecule has 0 saturated carbocycles. The molecule has 1 amide bonds. The molecule has 1 aliphatic heterocycles. The van der Waals surface area contributed by atoms with Gasteiger partial charge in [0.25, 0.3) is 0 Å². The Hall–Kier alpha value is -3.69. The van der Waals surface area contributed by atoms with Crippen LogP contribution in [0.25, 0.3) is 0 Å². The highest BCUT2D eigenvalue weighted by Gasteiger charge is 2.37. The van der Waals surface area contributed by atoms with E-state index in [2.05, 4.69) is 4.98 Å². The first-order valence-electron chi connectivity index (χ1n) is 9.88. The lowest BCUT2D eigenvalue weighted by Gasteiger charge is -2.33. The second-order valence-electron chi connectivity index (χ2n) is 7.02. The van der Waals surface area contributed by atoms with Crippen molar-refractivity contribution < 1.29 is 14.3 Å². The van der Waals surface area contributed by atoms with Crippen LogP contribution < -0.4 is 20.7 Å². The van der Waals surface area contributed by atoms with Crippen molar-refractivity contribution in [2.45, 2.75) is 6.61 Å². The number of hydrogen-bond acceptors (Lipinski definition) is 4. The Balaban J connectivity index is 1.70. The van der Waals surface area contributed by atoms with Crippen molar-refractivity contribution in [2.24, 2.45) is 4.74 Å². The van der Waals surface area contributed by atoms with Gasteiger partial charge in [0.05, 0.1) is 7.05 Å². The minimum Gasteiger partial charge on any atom is -0.456 e. The Labute approximate surface area is 180 Å². The van der Waals surface area contributed by atoms with Crippen molar-refractivity contribution in [1.82, 2.24) is 4.98 Å². The van der Waals surface area contributed by atoms with Crippen LogP contribution >= 0.6 is 7.05 Å². The van der Waals surface area contributed by atoms with Gasteiger partial charge in [0.1, 0.15) is 18.1 Å². The number of carbonyl (C=O) groups excluding carboxylic acids is 1. The van der Waals surface area contributed by atoms with Crippen molar-refractivity contribution >= 4 is 29.1 Å². The monoisotopic (exact) mass is 426 g/mol. The van der Waals surface area contributed by atoms with Gasteiger partial charge in [-0.05, 0) is 30.3 Å². The third-order valence-corrected chi connectivity index (χ3v) is 8.74. The zero-order chi connectivity index (χ0) is 21.1. The number of nitrogens with zero attached hydrogens (tertiary/aromatic N) is 2. The first-order valence-corrected chi connectivity index (χ1v) is 11.6. The van der Waals surface area contributed by atoms with Crippen LogP contribution in [0.4, 0.5) is 4.79 Å². The van der Waals surface area contributed by atoms with Gasteiger partial charge in [-0.25, -0.2) is 4.79 Å². The number of aromatic nitrogens is 1. The highest BCUT2D eigenvalue weighted by Crippen LogP contribution is 2.54. The number of para-hydroxylation sites is 2. The maximum Gasteiger partial charge on any atom is 0.433 e. The third kappa shape index (κ3) is 3.54. The van der Waals surface area contributed by atoms with Crippen molar-refractivity contribution in [3.05, 3.63) is 109 Å². The molecule has 0 radical (unpaired) electrons. The van der Waals surface area contributed by atoms with Crippen LogP contribution in [0.2, 0.25) is 0 Å². The Kier molecular flexibility index (Phi) is 5.11. The topological polar surface area (TPSA) is 60.8 Å². The number of carbonyl (C=O) groups is 1. The second kappa shape index (κ2) is 8.21. The third-order valence-electron chi connectivity index (χ3n) is 5.09. The summed E-state index contributed by atoms with van der Waals surface area (Å²) in [5, 5.41) is 2.77. The second-order valence-corrected chi connectivity index (χ2v) is 9.98. The number of hydrogen-bond donors (Lipinski definition) is 0. The zero-order valence-corrected chi connectivity index (χ0v) is 17.5. The lowest BCUT2D eigenvalue weighted by Crippen LogP contribution is -2.31. The molecule has 2 heterocycles. The molecule has 6 heteroatoms. The van der Waals surface area contributed by atoms with Crippen molar-refractivity contribution in [3.63, 3.8) is 0 Å². The largest absolute Gasteiger partial charge is 0.456 e. The zero-order valence-electron chi connectivity index (χ0n) is 16.6. The Morgan fingerprint density at radius 3 is 2.13 bits per heavy atom. The number of amides is 1. The maximum atomic E-state index is 13.1. The molecule has 4 aromatic rings. The van der Waals surface area contributed by atoms with E-state index in [1.165, 1.54) is 0 Å². The number of rotatable bonds is 3. The molecule has 1 aliphatic rings. The Morgan fingerprint density at radius 2 is 1.48 bits per heavy atom. The van der Waals surface area contributed by atoms with E-state index >= 15 is 0 Å². The molecule has 152 valence electrons. The minimum absolute atomic E-state index is 0.116. The summed E-state index contributed by atoms with van der Waals surface area (Å²) in [6, 6.07) is 29.2.